The molecular formula is C24H20ClN5O3S. The maximum Gasteiger partial charge on any atom is 0.234 e. The fourth-order valence-electron chi connectivity index (χ4n) is 3.55. The van der Waals surface area contributed by atoms with Crippen molar-refractivity contribution < 1.29 is 14.3 Å². The number of halogens is 1. The molecule has 0 radical (unpaired) electrons. The molecule has 1 N–H and O–H groups in total. The molecule has 2 aromatic heterocycles. The predicted octanol–water partition coefficient (Wildman–Crippen LogP) is 4.79. The van der Waals surface area contributed by atoms with Gasteiger partial charge < -0.3 is 14.8 Å². The first-order valence-corrected chi connectivity index (χ1v) is 11.9. The normalized spacial score (nSPS) is 12.4. The lowest BCUT2D eigenvalue weighted by Gasteiger charge is -2.20. The SMILES string of the molecule is Cc1ccccc1-n1c(SCC(=O)Nc2cc3c(cc2Cl)OCCO3)nnc1-c1cccnc1. The third-order valence-electron chi connectivity index (χ3n) is 5.15. The maximum atomic E-state index is 12.8. The van der Waals surface area contributed by atoms with Crippen LogP contribution in [0.5, 0.6) is 11.5 Å². The van der Waals surface area contributed by atoms with Gasteiger partial charge in [-0.15, -0.1) is 10.2 Å². The number of benzene rings is 2. The molecule has 5 rings (SSSR count). The number of hydrogen-bond acceptors (Lipinski definition) is 7. The van der Waals surface area contributed by atoms with Crippen LogP contribution < -0.4 is 14.8 Å². The number of rotatable bonds is 6. The summed E-state index contributed by atoms with van der Waals surface area (Å²) in [6, 6.07) is 15.1. The Hall–Kier alpha value is -3.56. The molecule has 2 aromatic carbocycles. The summed E-state index contributed by atoms with van der Waals surface area (Å²) in [5.41, 5.74) is 3.29. The first-order chi connectivity index (χ1) is 16.6. The van der Waals surface area contributed by atoms with Gasteiger partial charge in [0.2, 0.25) is 5.91 Å². The second-order valence-electron chi connectivity index (χ2n) is 7.48. The van der Waals surface area contributed by atoms with Gasteiger partial charge in [0.05, 0.1) is 22.2 Å². The molecule has 0 spiro atoms. The van der Waals surface area contributed by atoms with Crippen molar-refractivity contribution in [2.75, 3.05) is 24.3 Å². The molecule has 34 heavy (non-hydrogen) atoms. The number of ether oxygens (including phenoxy) is 2. The number of pyridine rings is 1. The monoisotopic (exact) mass is 493 g/mol. The standard InChI is InChI=1S/C24H20ClN5O3S/c1-15-5-2-3-7-19(15)30-23(16-6-4-8-26-13-16)28-29-24(30)34-14-22(31)27-18-12-21-20(11-17(18)25)32-9-10-33-21/h2-8,11-13H,9-10,14H2,1H3,(H,27,31). The van der Waals surface area contributed by atoms with Crippen molar-refractivity contribution in [1.29, 1.82) is 0 Å². The van der Waals surface area contributed by atoms with Crippen LogP contribution in [-0.4, -0.2) is 44.6 Å². The summed E-state index contributed by atoms with van der Waals surface area (Å²) in [4.78, 5) is 17.0. The van der Waals surface area contributed by atoms with Gasteiger partial charge in [0.25, 0.3) is 0 Å². The van der Waals surface area contributed by atoms with E-state index in [9.17, 15) is 4.79 Å². The largest absolute Gasteiger partial charge is 0.486 e. The average Bonchev–Trinajstić information content (AvgIpc) is 3.28. The Morgan fingerprint density at radius 2 is 1.91 bits per heavy atom. The van der Waals surface area contributed by atoms with Crippen LogP contribution in [-0.2, 0) is 4.79 Å². The van der Waals surface area contributed by atoms with Gasteiger partial charge in [0.1, 0.15) is 13.2 Å². The molecule has 0 unspecified atom stereocenters. The Kier molecular flexibility index (Phi) is 6.37. The zero-order chi connectivity index (χ0) is 23.5. The number of nitrogens with one attached hydrogen (secondary N) is 1. The van der Waals surface area contributed by atoms with E-state index in [1.54, 1.807) is 24.5 Å². The summed E-state index contributed by atoms with van der Waals surface area (Å²) in [5, 5.41) is 12.6. The molecule has 0 atom stereocenters. The van der Waals surface area contributed by atoms with Crippen LogP contribution in [0.1, 0.15) is 5.56 Å². The summed E-state index contributed by atoms with van der Waals surface area (Å²) in [7, 11) is 0. The molecule has 10 heteroatoms. The van der Waals surface area contributed by atoms with Crippen LogP contribution >= 0.6 is 23.4 Å². The number of nitrogens with zero attached hydrogens (tertiary/aromatic N) is 4. The molecule has 1 aliphatic rings. The van der Waals surface area contributed by atoms with Gasteiger partial charge >= 0.3 is 0 Å². The van der Waals surface area contributed by atoms with Crippen LogP contribution in [0.15, 0.2) is 66.1 Å². The van der Waals surface area contributed by atoms with Crippen molar-refractivity contribution in [2.45, 2.75) is 12.1 Å². The van der Waals surface area contributed by atoms with Crippen molar-refractivity contribution in [3.8, 4) is 28.6 Å². The van der Waals surface area contributed by atoms with E-state index < -0.39 is 0 Å². The van der Waals surface area contributed by atoms with E-state index in [1.807, 2.05) is 47.9 Å². The molecular weight excluding hydrogens is 474 g/mol. The Morgan fingerprint density at radius 1 is 1.12 bits per heavy atom. The number of thioether (sulfide) groups is 1. The van der Waals surface area contributed by atoms with Gasteiger partial charge in [0, 0.05) is 30.1 Å². The van der Waals surface area contributed by atoms with Crippen molar-refractivity contribution in [2.24, 2.45) is 0 Å². The van der Waals surface area contributed by atoms with Gasteiger partial charge in [-0.3, -0.25) is 14.3 Å². The van der Waals surface area contributed by atoms with Crippen LogP contribution in [0.2, 0.25) is 5.02 Å². The highest BCUT2D eigenvalue weighted by atomic mass is 35.5. The third-order valence-corrected chi connectivity index (χ3v) is 6.39. The highest BCUT2D eigenvalue weighted by Crippen LogP contribution is 2.38. The Morgan fingerprint density at radius 3 is 2.68 bits per heavy atom. The number of para-hydroxylation sites is 1. The van der Waals surface area contributed by atoms with E-state index in [0.29, 0.717) is 46.4 Å². The number of carbonyl (C=O) groups excluding carboxylic acids is 1. The van der Waals surface area contributed by atoms with E-state index in [2.05, 4.69) is 20.5 Å². The molecule has 3 heterocycles. The summed E-state index contributed by atoms with van der Waals surface area (Å²) in [6.45, 7) is 2.94. The molecule has 172 valence electrons. The number of amides is 1. The topological polar surface area (TPSA) is 91.2 Å². The van der Waals surface area contributed by atoms with Gasteiger partial charge in [-0.2, -0.15) is 0 Å². The van der Waals surface area contributed by atoms with Gasteiger partial charge in [-0.05, 0) is 30.7 Å². The number of carbonyl (C=O) groups is 1. The molecule has 1 amide bonds. The molecule has 0 aliphatic carbocycles. The van der Waals surface area contributed by atoms with Gasteiger partial charge in [-0.1, -0.05) is 41.6 Å². The lowest BCUT2D eigenvalue weighted by molar-refractivity contribution is -0.113. The molecule has 0 saturated carbocycles. The number of aromatic nitrogens is 4. The Bertz CT molecular complexity index is 1350. The maximum absolute atomic E-state index is 12.8. The Labute approximate surface area is 205 Å². The van der Waals surface area contributed by atoms with Crippen molar-refractivity contribution >= 4 is 35.0 Å². The predicted molar refractivity (Wildman–Crippen MR) is 131 cm³/mol. The quantitative estimate of drug-likeness (QED) is 0.386. The summed E-state index contributed by atoms with van der Waals surface area (Å²) < 4.78 is 13.1. The molecule has 1 aliphatic heterocycles. The molecule has 0 saturated heterocycles. The summed E-state index contributed by atoms with van der Waals surface area (Å²) in [6.07, 6.45) is 3.45. The highest BCUT2D eigenvalue weighted by Gasteiger charge is 2.20. The molecule has 0 bridgehead atoms. The minimum atomic E-state index is -0.231. The lowest BCUT2D eigenvalue weighted by atomic mass is 10.2. The van der Waals surface area contributed by atoms with Crippen LogP contribution in [0.4, 0.5) is 5.69 Å². The zero-order valence-corrected chi connectivity index (χ0v) is 19.8. The van der Waals surface area contributed by atoms with E-state index in [0.717, 1.165) is 16.8 Å². The van der Waals surface area contributed by atoms with Crippen molar-refractivity contribution in [3.63, 3.8) is 0 Å². The number of aryl methyl sites for hydroxylation is 1. The van der Waals surface area contributed by atoms with E-state index in [4.69, 9.17) is 21.1 Å². The second-order valence-corrected chi connectivity index (χ2v) is 8.83. The van der Waals surface area contributed by atoms with Crippen LogP contribution in [0.25, 0.3) is 17.1 Å². The zero-order valence-electron chi connectivity index (χ0n) is 18.2. The van der Waals surface area contributed by atoms with Crippen molar-refractivity contribution in [1.82, 2.24) is 19.7 Å². The first kappa shape index (κ1) is 22.2. The van der Waals surface area contributed by atoms with Crippen molar-refractivity contribution in [3.05, 3.63) is 71.5 Å². The molecule has 0 fully saturated rings. The summed E-state index contributed by atoms with van der Waals surface area (Å²) in [5.74, 6) is 1.66. The smallest absolute Gasteiger partial charge is 0.234 e. The first-order valence-electron chi connectivity index (χ1n) is 10.5. The molecule has 4 aromatic rings. The number of hydrogen-bond donors (Lipinski definition) is 1. The number of fused-ring (bicyclic) bond motifs is 1. The van der Waals surface area contributed by atoms with Crippen LogP contribution in [0.3, 0.4) is 0 Å². The minimum absolute atomic E-state index is 0.113. The van der Waals surface area contributed by atoms with Gasteiger partial charge in [0.15, 0.2) is 22.5 Å². The minimum Gasteiger partial charge on any atom is -0.486 e. The van der Waals surface area contributed by atoms with E-state index >= 15 is 0 Å². The lowest BCUT2D eigenvalue weighted by Crippen LogP contribution is -2.17. The summed E-state index contributed by atoms with van der Waals surface area (Å²) >= 11 is 7.61. The average molecular weight is 494 g/mol. The fraction of sp³-hybridized carbons (Fsp3) is 0.167. The van der Waals surface area contributed by atoms with E-state index in [1.165, 1.54) is 11.8 Å². The Balaban J connectivity index is 1.38. The second kappa shape index (κ2) is 9.74. The fourth-order valence-corrected chi connectivity index (χ4v) is 4.50. The van der Waals surface area contributed by atoms with Crippen LogP contribution in [0, 0.1) is 6.92 Å². The molecule has 8 nitrogen and oxygen atoms in total. The highest BCUT2D eigenvalue weighted by molar-refractivity contribution is 7.99. The van der Waals surface area contributed by atoms with E-state index in [-0.39, 0.29) is 11.7 Å². The third kappa shape index (κ3) is 4.57. The van der Waals surface area contributed by atoms with Gasteiger partial charge in [-0.25, -0.2) is 0 Å². The number of anilines is 1.